The second-order valence-corrected chi connectivity index (χ2v) is 6.65. The van der Waals surface area contributed by atoms with Crippen molar-refractivity contribution in [2.45, 2.75) is 5.85 Å². The second-order valence-electron chi connectivity index (χ2n) is 3.52. The highest BCUT2D eigenvalue weighted by molar-refractivity contribution is 9.10. The molecule has 8 heteroatoms. The molecule has 1 unspecified atom stereocenters. The fraction of sp³-hybridized carbons (Fsp3) is 0.300. The molecule has 0 spiro atoms. The van der Waals surface area contributed by atoms with E-state index in [1.54, 1.807) is 0 Å². The Morgan fingerprint density at radius 1 is 1.39 bits per heavy atom. The molecule has 0 amide bonds. The van der Waals surface area contributed by atoms with Gasteiger partial charge >= 0.3 is 13.6 Å². The topological polar surface area (TPSA) is 82.1 Å². The average molecular weight is 337 g/mol. The Balaban J connectivity index is 2.63. The van der Waals surface area contributed by atoms with E-state index in [1.807, 2.05) is 0 Å². The molecule has 98 valence electrons. The third-order valence-electron chi connectivity index (χ3n) is 2.65. The van der Waals surface area contributed by atoms with Crippen LogP contribution >= 0.6 is 23.5 Å². The van der Waals surface area contributed by atoms with Gasteiger partial charge in [0.05, 0.1) is 15.6 Å². The zero-order valence-electron chi connectivity index (χ0n) is 9.55. The number of fused-ring (bicyclic) bond motifs is 1. The van der Waals surface area contributed by atoms with E-state index in [-0.39, 0.29) is 16.9 Å². The molecule has 1 heterocycles. The van der Waals surface area contributed by atoms with E-state index in [9.17, 15) is 14.5 Å². The molecule has 0 aromatic heterocycles. The molecule has 1 aliphatic heterocycles. The van der Waals surface area contributed by atoms with Crippen LogP contribution in [0, 0.1) is 0 Å². The van der Waals surface area contributed by atoms with Crippen molar-refractivity contribution in [2.24, 2.45) is 0 Å². The Bertz CT molecular complexity index is 550. The summed E-state index contributed by atoms with van der Waals surface area (Å²) in [6, 6.07) is 2.97. The quantitative estimate of drug-likeness (QED) is 0.675. The van der Waals surface area contributed by atoms with E-state index >= 15 is 0 Å². The summed E-state index contributed by atoms with van der Waals surface area (Å²) in [5.74, 6) is -2.14. The van der Waals surface area contributed by atoms with Gasteiger partial charge in [-0.2, -0.15) is 0 Å². The summed E-state index contributed by atoms with van der Waals surface area (Å²) in [6.07, 6.45) is 0. The number of phenolic OH excluding ortho intramolecular Hbond substituents is 1. The van der Waals surface area contributed by atoms with Gasteiger partial charge in [-0.1, -0.05) is 0 Å². The van der Waals surface area contributed by atoms with Crippen LogP contribution in [-0.4, -0.2) is 25.3 Å². The summed E-state index contributed by atoms with van der Waals surface area (Å²) in [5.41, 5.74) is 0.261. The first-order chi connectivity index (χ1) is 8.44. The van der Waals surface area contributed by atoms with E-state index in [0.717, 1.165) is 0 Å². The molecule has 6 nitrogen and oxygen atoms in total. The molecule has 0 saturated heterocycles. The Morgan fingerprint density at radius 3 is 2.56 bits per heavy atom. The van der Waals surface area contributed by atoms with Crippen molar-refractivity contribution < 1.29 is 28.3 Å². The van der Waals surface area contributed by atoms with E-state index in [2.05, 4.69) is 15.9 Å². The van der Waals surface area contributed by atoms with Crippen molar-refractivity contribution in [2.75, 3.05) is 14.2 Å². The smallest absolute Gasteiger partial charge is 0.375 e. The Morgan fingerprint density at radius 2 is 2.00 bits per heavy atom. The number of carbonyl (C=O) groups is 1. The van der Waals surface area contributed by atoms with Crippen molar-refractivity contribution in [3.8, 4) is 5.75 Å². The number of carbonyl (C=O) groups excluding carboxylic acids is 1. The van der Waals surface area contributed by atoms with Gasteiger partial charge in [0.15, 0.2) is 0 Å². The average Bonchev–Trinajstić information content (AvgIpc) is 2.71. The highest BCUT2D eigenvalue weighted by atomic mass is 79.9. The summed E-state index contributed by atoms with van der Waals surface area (Å²) < 4.78 is 27.2. The van der Waals surface area contributed by atoms with Crippen molar-refractivity contribution in [1.82, 2.24) is 0 Å². The summed E-state index contributed by atoms with van der Waals surface area (Å²) in [7, 11) is -1.30. The number of aromatic hydroxyl groups is 1. The van der Waals surface area contributed by atoms with Gasteiger partial charge in [-0.15, -0.1) is 0 Å². The standard InChI is InChI=1S/C10H10BrO6P/c1-15-18(14,16-2)10-7-5(9(13)17-10)3-4-6(11)8(7)12/h3-4,10,12H,1-2H3. The maximum absolute atomic E-state index is 12.3. The highest BCUT2D eigenvalue weighted by Gasteiger charge is 2.47. The van der Waals surface area contributed by atoms with Crippen LogP contribution < -0.4 is 0 Å². The second kappa shape index (κ2) is 4.66. The molecule has 0 aliphatic carbocycles. The lowest BCUT2D eigenvalue weighted by molar-refractivity contribution is 0.0455. The normalized spacial score (nSPS) is 18.6. The van der Waals surface area contributed by atoms with Gasteiger partial charge < -0.3 is 18.9 Å². The number of halogens is 1. The van der Waals surface area contributed by atoms with Crippen molar-refractivity contribution in [1.29, 1.82) is 0 Å². The number of esters is 1. The minimum Gasteiger partial charge on any atom is -0.506 e. The minimum atomic E-state index is -3.67. The number of hydrogen-bond donors (Lipinski definition) is 1. The molecule has 1 N–H and O–H groups in total. The SMILES string of the molecule is COP(=O)(OC)C1OC(=O)c2ccc(Br)c(O)c21. The number of ether oxygens (including phenoxy) is 1. The van der Waals surface area contributed by atoms with Gasteiger partial charge in [-0.25, -0.2) is 4.79 Å². The molecule has 0 radical (unpaired) electrons. The largest absolute Gasteiger partial charge is 0.506 e. The van der Waals surface area contributed by atoms with Crippen LogP contribution in [0.15, 0.2) is 16.6 Å². The first-order valence-corrected chi connectivity index (χ1v) is 7.28. The van der Waals surface area contributed by atoms with Crippen LogP contribution in [0.25, 0.3) is 0 Å². The maximum atomic E-state index is 12.3. The summed E-state index contributed by atoms with van der Waals surface area (Å²) in [5, 5.41) is 9.95. The third-order valence-corrected chi connectivity index (χ3v) is 5.25. The Kier molecular flexibility index (Phi) is 3.51. The molecule has 0 bridgehead atoms. The lowest BCUT2D eigenvalue weighted by Crippen LogP contribution is -2.03. The predicted molar refractivity (Wildman–Crippen MR) is 65.6 cm³/mol. The molecule has 2 rings (SSSR count). The van der Waals surface area contributed by atoms with Crippen molar-refractivity contribution in [3.63, 3.8) is 0 Å². The predicted octanol–water partition coefficient (Wildman–Crippen LogP) is 2.81. The van der Waals surface area contributed by atoms with Gasteiger partial charge in [0.25, 0.3) is 0 Å². The Labute approximate surface area is 112 Å². The zero-order valence-corrected chi connectivity index (χ0v) is 12.0. The van der Waals surface area contributed by atoms with Gasteiger partial charge in [-0.3, -0.25) is 4.57 Å². The van der Waals surface area contributed by atoms with Crippen molar-refractivity contribution in [3.05, 3.63) is 27.7 Å². The van der Waals surface area contributed by atoms with E-state index < -0.39 is 19.4 Å². The van der Waals surface area contributed by atoms with Crippen LogP contribution in [0.3, 0.4) is 0 Å². The molecule has 0 fully saturated rings. The van der Waals surface area contributed by atoms with Crippen molar-refractivity contribution >= 4 is 29.5 Å². The van der Waals surface area contributed by atoms with Crippen LogP contribution in [0.2, 0.25) is 0 Å². The molecule has 1 atom stereocenters. The molecule has 1 aromatic carbocycles. The molecular formula is C10H10BrO6P. The van der Waals surface area contributed by atoms with E-state index in [0.29, 0.717) is 4.47 Å². The molecule has 0 saturated carbocycles. The van der Waals surface area contributed by atoms with Gasteiger partial charge in [0.2, 0.25) is 5.85 Å². The van der Waals surface area contributed by atoms with Gasteiger partial charge in [0.1, 0.15) is 5.75 Å². The summed E-state index contributed by atoms with van der Waals surface area (Å²) in [4.78, 5) is 11.6. The number of cyclic esters (lactones) is 1. The van der Waals surface area contributed by atoms with Gasteiger partial charge in [0, 0.05) is 14.2 Å². The van der Waals surface area contributed by atoms with Crippen LogP contribution in [0.4, 0.5) is 0 Å². The fourth-order valence-electron chi connectivity index (χ4n) is 1.72. The first kappa shape index (κ1) is 13.5. The zero-order chi connectivity index (χ0) is 13.5. The number of phenols is 1. The first-order valence-electron chi connectivity index (χ1n) is 4.88. The monoisotopic (exact) mass is 336 g/mol. The minimum absolute atomic E-state index is 0.112. The fourth-order valence-corrected chi connectivity index (χ4v) is 3.40. The maximum Gasteiger partial charge on any atom is 0.375 e. The number of rotatable bonds is 3. The van der Waals surface area contributed by atoms with E-state index in [4.69, 9.17) is 13.8 Å². The lowest BCUT2D eigenvalue weighted by Gasteiger charge is -2.20. The molecule has 1 aromatic rings. The third kappa shape index (κ3) is 1.87. The van der Waals surface area contributed by atoms with E-state index in [1.165, 1.54) is 26.4 Å². The molecule has 18 heavy (non-hydrogen) atoms. The van der Waals surface area contributed by atoms with Gasteiger partial charge in [-0.05, 0) is 28.1 Å². The summed E-state index contributed by atoms with van der Waals surface area (Å²) >= 11 is 3.12. The highest BCUT2D eigenvalue weighted by Crippen LogP contribution is 2.64. The Hall–Kier alpha value is -0.880. The number of hydrogen-bond acceptors (Lipinski definition) is 6. The number of benzene rings is 1. The lowest BCUT2D eigenvalue weighted by atomic mass is 10.1. The van der Waals surface area contributed by atoms with Crippen LogP contribution in [0.5, 0.6) is 5.75 Å². The molecule has 1 aliphatic rings. The van der Waals surface area contributed by atoms with Crippen LogP contribution in [-0.2, 0) is 18.3 Å². The molecular weight excluding hydrogens is 327 g/mol. The summed E-state index contributed by atoms with van der Waals surface area (Å²) in [6.45, 7) is 0. The van der Waals surface area contributed by atoms with Crippen LogP contribution in [0.1, 0.15) is 21.8 Å².